The second kappa shape index (κ2) is 6.54. The second-order valence-corrected chi connectivity index (χ2v) is 4.78. The molecule has 0 aromatic heterocycles. The molecule has 1 fully saturated rings. The van der Waals surface area contributed by atoms with Crippen LogP contribution in [0.4, 0.5) is 5.69 Å². The lowest BCUT2D eigenvalue weighted by Crippen LogP contribution is -2.48. The Kier molecular flexibility index (Phi) is 4.76. The fourth-order valence-corrected chi connectivity index (χ4v) is 2.24. The van der Waals surface area contributed by atoms with Gasteiger partial charge in [0.2, 0.25) is 5.91 Å². The first-order valence-corrected chi connectivity index (χ1v) is 6.71. The molecule has 0 unspecified atom stereocenters. The Bertz CT molecular complexity index is 428. The summed E-state index contributed by atoms with van der Waals surface area (Å²) in [5, 5.41) is 12.3. The summed E-state index contributed by atoms with van der Waals surface area (Å²) in [6, 6.07) is 6.78. The second-order valence-electron chi connectivity index (χ2n) is 4.78. The van der Waals surface area contributed by atoms with Crippen LogP contribution in [0.3, 0.4) is 0 Å². The van der Waals surface area contributed by atoms with Crippen LogP contribution in [0.15, 0.2) is 24.3 Å². The molecule has 2 rings (SSSR count). The molecule has 0 radical (unpaired) electrons. The number of phenols is 1. The number of piperazine rings is 1. The quantitative estimate of drug-likeness (QED) is 0.795. The zero-order valence-corrected chi connectivity index (χ0v) is 11.3. The average Bonchev–Trinajstić information content (AvgIpc) is 2.42. The van der Waals surface area contributed by atoms with Crippen LogP contribution < -0.4 is 5.32 Å². The highest BCUT2D eigenvalue weighted by atomic mass is 16.3. The number of carbonyl (C=O) groups excluding carboxylic acids is 1. The number of para-hydroxylation sites is 2. The van der Waals surface area contributed by atoms with Crippen LogP contribution in [-0.2, 0) is 4.79 Å². The summed E-state index contributed by atoms with van der Waals surface area (Å²) in [7, 11) is 0. The van der Waals surface area contributed by atoms with Crippen LogP contribution in [0, 0.1) is 0 Å². The van der Waals surface area contributed by atoms with E-state index in [0.29, 0.717) is 12.2 Å². The van der Waals surface area contributed by atoms with Gasteiger partial charge in [0.1, 0.15) is 5.75 Å². The summed E-state index contributed by atoms with van der Waals surface area (Å²) in [5.41, 5.74) is 0.472. The van der Waals surface area contributed by atoms with E-state index in [1.54, 1.807) is 24.3 Å². The molecule has 1 aromatic rings. The molecule has 5 heteroatoms. The fourth-order valence-electron chi connectivity index (χ4n) is 2.24. The molecule has 2 N–H and O–H groups in total. The van der Waals surface area contributed by atoms with Crippen LogP contribution in [0.25, 0.3) is 0 Å². The molecule has 0 spiro atoms. The van der Waals surface area contributed by atoms with E-state index in [0.717, 1.165) is 32.7 Å². The van der Waals surface area contributed by atoms with Gasteiger partial charge in [-0.3, -0.25) is 9.69 Å². The molecule has 1 heterocycles. The molecule has 1 amide bonds. The Balaban J connectivity index is 1.81. The van der Waals surface area contributed by atoms with Gasteiger partial charge in [-0.1, -0.05) is 19.1 Å². The molecule has 19 heavy (non-hydrogen) atoms. The molecule has 0 bridgehead atoms. The minimum absolute atomic E-state index is 0.0774. The summed E-state index contributed by atoms with van der Waals surface area (Å²) in [6.45, 7) is 7.47. The zero-order chi connectivity index (χ0) is 13.7. The van der Waals surface area contributed by atoms with E-state index in [9.17, 15) is 9.90 Å². The first kappa shape index (κ1) is 13.8. The average molecular weight is 263 g/mol. The number of aromatic hydroxyl groups is 1. The van der Waals surface area contributed by atoms with Crippen LogP contribution in [0.5, 0.6) is 5.75 Å². The Morgan fingerprint density at radius 2 is 1.84 bits per heavy atom. The largest absolute Gasteiger partial charge is 0.506 e. The number of benzene rings is 1. The van der Waals surface area contributed by atoms with Gasteiger partial charge >= 0.3 is 0 Å². The number of anilines is 1. The Morgan fingerprint density at radius 1 is 1.21 bits per heavy atom. The van der Waals surface area contributed by atoms with Gasteiger partial charge < -0.3 is 15.3 Å². The van der Waals surface area contributed by atoms with E-state index < -0.39 is 0 Å². The van der Waals surface area contributed by atoms with Crippen molar-refractivity contribution in [3.63, 3.8) is 0 Å². The molecule has 104 valence electrons. The molecule has 1 aromatic carbocycles. The van der Waals surface area contributed by atoms with Crippen molar-refractivity contribution in [1.29, 1.82) is 0 Å². The summed E-state index contributed by atoms with van der Waals surface area (Å²) in [6.07, 6.45) is 0. The number of nitrogens with zero attached hydrogens (tertiary/aromatic N) is 2. The van der Waals surface area contributed by atoms with E-state index in [1.165, 1.54) is 0 Å². The van der Waals surface area contributed by atoms with Crippen LogP contribution >= 0.6 is 0 Å². The van der Waals surface area contributed by atoms with Crippen molar-refractivity contribution in [2.24, 2.45) is 0 Å². The number of amides is 1. The lowest BCUT2D eigenvalue weighted by atomic mass is 10.3. The predicted octanol–water partition coefficient (Wildman–Crippen LogP) is 0.968. The smallest absolute Gasteiger partial charge is 0.238 e. The van der Waals surface area contributed by atoms with Crippen molar-refractivity contribution >= 4 is 11.6 Å². The fraction of sp³-hybridized carbons (Fsp3) is 0.500. The van der Waals surface area contributed by atoms with Gasteiger partial charge in [0, 0.05) is 26.2 Å². The number of phenolic OH excluding ortho intramolecular Hbond substituents is 1. The van der Waals surface area contributed by atoms with Gasteiger partial charge in [-0.2, -0.15) is 0 Å². The van der Waals surface area contributed by atoms with Crippen molar-refractivity contribution in [3.8, 4) is 5.75 Å². The molecule has 1 saturated heterocycles. The minimum Gasteiger partial charge on any atom is -0.506 e. The molecule has 5 nitrogen and oxygen atoms in total. The third kappa shape index (κ3) is 3.94. The van der Waals surface area contributed by atoms with Crippen molar-refractivity contribution in [1.82, 2.24) is 9.80 Å². The first-order chi connectivity index (χ1) is 9.19. The van der Waals surface area contributed by atoms with E-state index in [2.05, 4.69) is 22.0 Å². The number of hydrogen-bond acceptors (Lipinski definition) is 4. The molecular formula is C14H21N3O2. The standard InChI is InChI=1S/C14H21N3O2/c1-2-16-7-9-17(10-8-16)11-14(19)15-12-5-3-4-6-13(12)18/h3-6,18H,2,7-11H2,1H3,(H,15,19). The zero-order valence-electron chi connectivity index (χ0n) is 11.3. The maximum Gasteiger partial charge on any atom is 0.238 e. The van der Waals surface area contributed by atoms with Crippen LogP contribution in [0.1, 0.15) is 6.92 Å². The number of rotatable bonds is 4. The van der Waals surface area contributed by atoms with Gasteiger partial charge in [-0.25, -0.2) is 0 Å². The Hall–Kier alpha value is -1.59. The summed E-state index contributed by atoms with van der Waals surface area (Å²) < 4.78 is 0. The highest BCUT2D eigenvalue weighted by Gasteiger charge is 2.18. The number of likely N-dealkylation sites (N-methyl/N-ethyl adjacent to an activating group) is 1. The molecule has 1 aliphatic rings. The van der Waals surface area contributed by atoms with Gasteiger partial charge in [-0.15, -0.1) is 0 Å². The van der Waals surface area contributed by atoms with E-state index >= 15 is 0 Å². The highest BCUT2D eigenvalue weighted by molar-refractivity contribution is 5.93. The molecule has 0 saturated carbocycles. The molecule has 0 atom stereocenters. The maximum absolute atomic E-state index is 11.9. The van der Waals surface area contributed by atoms with Gasteiger partial charge in [0.25, 0.3) is 0 Å². The topological polar surface area (TPSA) is 55.8 Å². The summed E-state index contributed by atoms with van der Waals surface area (Å²) in [5.74, 6) is 0.0260. The van der Waals surface area contributed by atoms with Crippen molar-refractivity contribution in [3.05, 3.63) is 24.3 Å². The van der Waals surface area contributed by atoms with E-state index in [-0.39, 0.29) is 11.7 Å². The van der Waals surface area contributed by atoms with Crippen molar-refractivity contribution in [2.45, 2.75) is 6.92 Å². The van der Waals surface area contributed by atoms with Crippen LogP contribution in [-0.4, -0.2) is 60.1 Å². The predicted molar refractivity (Wildman–Crippen MR) is 75.3 cm³/mol. The lowest BCUT2D eigenvalue weighted by Gasteiger charge is -2.33. The van der Waals surface area contributed by atoms with Gasteiger partial charge in [0.15, 0.2) is 0 Å². The normalized spacial score (nSPS) is 17.3. The molecular weight excluding hydrogens is 242 g/mol. The number of hydrogen-bond donors (Lipinski definition) is 2. The van der Waals surface area contributed by atoms with Crippen molar-refractivity contribution < 1.29 is 9.90 Å². The van der Waals surface area contributed by atoms with Crippen molar-refractivity contribution in [2.75, 3.05) is 44.6 Å². The molecule has 1 aliphatic heterocycles. The summed E-state index contributed by atoms with van der Waals surface area (Å²) in [4.78, 5) is 16.4. The van der Waals surface area contributed by atoms with Gasteiger partial charge in [-0.05, 0) is 18.7 Å². The highest BCUT2D eigenvalue weighted by Crippen LogP contribution is 2.21. The van der Waals surface area contributed by atoms with E-state index in [1.807, 2.05) is 0 Å². The Labute approximate surface area is 113 Å². The SMILES string of the molecule is CCN1CCN(CC(=O)Nc2ccccc2O)CC1. The van der Waals surface area contributed by atoms with E-state index in [4.69, 9.17) is 0 Å². The Morgan fingerprint density at radius 3 is 2.47 bits per heavy atom. The van der Waals surface area contributed by atoms with Gasteiger partial charge in [0.05, 0.1) is 12.2 Å². The molecule has 0 aliphatic carbocycles. The third-order valence-electron chi connectivity index (χ3n) is 3.46. The third-order valence-corrected chi connectivity index (χ3v) is 3.46. The number of nitrogens with one attached hydrogen (secondary N) is 1. The monoisotopic (exact) mass is 263 g/mol. The van der Waals surface area contributed by atoms with Crippen LogP contribution in [0.2, 0.25) is 0 Å². The number of carbonyl (C=O) groups is 1. The maximum atomic E-state index is 11.9. The minimum atomic E-state index is -0.0774. The first-order valence-electron chi connectivity index (χ1n) is 6.71. The summed E-state index contributed by atoms with van der Waals surface area (Å²) >= 11 is 0. The lowest BCUT2D eigenvalue weighted by molar-refractivity contribution is -0.117.